The zero-order chi connectivity index (χ0) is 19.9. The minimum Gasteiger partial charge on any atom is -0.467 e. The molecule has 0 saturated carbocycles. The Bertz CT molecular complexity index is 638. The van der Waals surface area contributed by atoms with Gasteiger partial charge in [0.1, 0.15) is 17.4 Å². The highest BCUT2D eigenvalue weighted by Gasteiger charge is 2.22. The first-order valence-corrected chi connectivity index (χ1v) is 13.0. The quantitative estimate of drug-likeness (QED) is 0.165. The molecule has 6 heteroatoms. The van der Waals surface area contributed by atoms with Crippen LogP contribution in [-0.2, 0) is 9.47 Å². The van der Waals surface area contributed by atoms with Crippen LogP contribution in [-0.4, -0.2) is 33.5 Å². The summed E-state index contributed by atoms with van der Waals surface area (Å²) in [5, 5.41) is 0.542. The average molecular weight is 399 g/mol. The molecular formula is C20H31ClO4Si. The second-order valence-electron chi connectivity index (χ2n) is 7.73. The summed E-state index contributed by atoms with van der Waals surface area (Å²) in [4.78, 5) is 12.6. The monoisotopic (exact) mass is 398 g/mol. The smallest absolute Gasteiger partial charge is 0.342 e. The number of rotatable bonds is 10. The van der Waals surface area contributed by atoms with Gasteiger partial charge >= 0.3 is 5.97 Å². The van der Waals surface area contributed by atoms with Crippen molar-refractivity contribution >= 4 is 25.6 Å². The minimum atomic E-state index is -1.15. The van der Waals surface area contributed by atoms with Gasteiger partial charge in [-0.25, -0.2) is 4.79 Å². The molecule has 4 nitrogen and oxygen atoms in total. The van der Waals surface area contributed by atoms with E-state index in [1.165, 1.54) is 0 Å². The molecule has 0 fully saturated rings. The Kier molecular flexibility index (Phi) is 8.87. The van der Waals surface area contributed by atoms with E-state index in [-0.39, 0.29) is 12.9 Å². The molecule has 0 heterocycles. The highest BCUT2D eigenvalue weighted by molar-refractivity contribution is 6.76. The lowest BCUT2D eigenvalue weighted by atomic mass is 10.0. The summed E-state index contributed by atoms with van der Waals surface area (Å²) in [6.07, 6.45) is 2.04. The summed E-state index contributed by atoms with van der Waals surface area (Å²) in [5.74, 6) is -0.0101. The molecular weight excluding hydrogens is 368 g/mol. The van der Waals surface area contributed by atoms with E-state index < -0.39 is 14.0 Å². The van der Waals surface area contributed by atoms with Crippen molar-refractivity contribution in [1.29, 1.82) is 0 Å². The predicted molar refractivity (Wildman–Crippen MR) is 110 cm³/mol. The van der Waals surface area contributed by atoms with Crippen LogP contribution in [0.15, 0.2) is 18.7 Å². The van der Waals surface area contributed by atoms with Gasteiger partial charge in [-0.15, -0.1) is 6.58 Å². The summed E-state index contributed by atoms with van der Waals surface area (Å²) in [7, 11) is -1.15. The average Bonchev–Trinajstić information content (AvgIpc) is 2.51. The first-order chi connectivity index (χ1) is 12.1. The summed E-state index contributed by atoms with van der Waals surface area (Å²) >= 11 is 6.32. The van der Waals surface area contributed by atoms with Crippen molar-refractivity contribution in [3.63, 3.8) is 0 Å². The van der Waals surface area contributed by atoms with E-state index in [1.807, 2.05) is 13.8 Å². The van der Waals surface area contributed by atoms with Crippen LogP contribution in [0.1, 0.15) is 34.8 Å². The van der Waals surface area contributed by atoms with Gasteiger partial charge in [-0.3, -0.25) is 0 Å². The molecule has 1 aromatic rings. The summed E-state index contributed by atoms with van der Waals surface area (Å²) < 4.78 is 16.8. The van der Waals surface area contributed by atoms with Gasteiger partial charge in [0.2, 0.25) is 0 Å². The maximum absolute atomic E-state index is 12.6. The Morgan fingerprint density at radius 2 is 2.00 bits per heavy atom. The van der Waals surface area contributed by atoms with E-state index in [9.17, 15) is 4.79 Å². The number of carbonyl (C=O) groups is 1. The Labute approximate surface area is 163 Å². The maximum Gasteiger partial charge on any atom is 0.342 e. The van der Waals surface area contributed by atoms with Gasteiger partial charge in [0.05, 0.1) is 0 Å². The molecule has 0 saturated heterocycles. The van der Waals surface area contributed by atoms with E-state index in [2.05, 4.69) is 26.2 Å². The predicted octanol–water partition coefficient (Wildman–Crippen LogP) is 5.77. The number of esters is 1. The summed E-state index contributed by atoms with van der Waals surface area (Å²) in [5.41, 5.74) is 1.85. The molecule has 0 amide bonds. The fourth-order valence-corrected chi connectivity index (χ4v) is 3.26. The molecule has 0 spiro atoms. The molecule has 0 radical (unpaired) electrons. The maximum atomic E-state index is 12.6. The van der Waals surface area contributed by atoms with Crippen molar-refractivity contribution in [2.24, 2.45) is 0 Å². The molecule has 1 aromatic carbocycles. The number of hydrogen-bond acceptors (Lipinski definition) is 4. The van der Waals surface area contributed by atoms with Crippen LogP contribution in [0.25, 0.3) is 0 Å². The molecule has 0 bridgehead atoms. The number of carbonyl (C=O) groups excluding carboxylic acids is 1. The molecule has 0 aliphatic rings. The van der Waals surface area contributed by atoms with Gasteiger partial charge in [0.25, 0.3) is 0 Å². The number of benzene rings is 1. The Balaban J connectivity index is 2.89. The van der Waals surface area contributed by atoms with Gasteiger partial charge in [-0.05, 0) is 44.0 Å². The highest BCUT2D eigenvalue weighted by Crippen LogP contribution is 2.32. The van der Waals surface area contributed by atoms with Gasteiger partial charge in [0.15, 0.2) is 6.79 Å². The molecule has 1 atom stereocenters. The van der Waals surface area contributed by atoms with Crippen molar-refractivity contribution in [3.8, 4) is 5.75 Å². The lowest BCUT2D eigenvalue weighted by Crippen LogP contribution is -2.22. The fraction of sp³-hybridized carbons (Fsp3) is 0.550. The van der Waals surface area contributed by atoms with Crippen molar-refractivity contribution in [2.45, 2.75) is 59.0 Å². The van der Waals surface area contributed by atoms with Gasteiger partial charge in [0, 0.05) is 26.1 Å². The van der Waals surface area contributed by atoms with Gasteiger partial charge in [-0.2, -0.15) is 0 Å². The molecule has 1 rings (SSSR count). The SMILES string of the molecule is C=CC[C@@H](C)OC(=O)c1c(OCOCC[Si](C)(C)C)cc(C)c(Cl)c1C. The first kappa shape index (κ1) is 22.7. The Morgan fingerprint density at radius 3 is 2.58 bits per heavy atom. The molecule has 26 heavy (non-hydrogen) atoms. The van der Waals surface area contributed by atoms with Crippen molar-refractivity contribution in [1.82, 2.24) is 0 Å². The molecule has 0 aromatic heterocycles. The zero-order valence-electron chi connectivity index (χ0n) is 16.8. The first-order valence-electron chi connectivity index (χ1n) is 8.89. The number of halogens is 1. The van der Waals surface area contributed by atoms with Crippen molar-refractivity contribution < 1.29 is 19.0 Å². The zero-order valence-corrected chi connectivity index (χ0v) is 18.5. The summed E-state index contributed by atoms with van der Waals surface area (Å²) in [6.45, 7) is 16.8. The largest absolute Gasteiger partial charge is 0.467 e. The van der Waals surface area contributed by atoms with Crippen LogP contribution in [0, 0.1) is 13.8 Å². The van der Waals surface area contributed by atoms with Gasteiger partial charge in [-0.1, -0.05) is 37.3 Å². The standard InChI is InChI=1S/C20H31ClO4Si/c1-8-9-15(3)25-20(22)18-16(4)19(21)14(2)12-17(18)24-13-23-10-11-26(5,6)7/h8,12,15H,1,9-11,13H2,2-7H3/t15-/m1/s1. The molecule has 0 N–H and O–H groups in total. The third kappa shape index (κ3) is 7.14. The molecule has 0 unspecified atom stereocenters. The van der Waals surface area contributed by atoms with Crippen molar-refractivity contribution in [2.75, 3.05) is 13.4 Å². The van der Waals surface area contributed by atoms with E-state index in [0.717, 1.165) is 11.6 Å². The number of ether oxygens (including phenoxy) is 3. The van der Waals surface area contributed by atoms with Crippen LogP contribution < -0.4 is 4.74 Å². The second kappa shape index (κ2) is 10.1. The molecule has 146 valence electrons. The third-order valence-electron chi connectivity index (χ3n) is 3.95. The topological polar surface area (TPSA) is 44.8 Å². The van der Waals surface area contributed by atoms with E-state index >= 15 is 0 Å². The lowest BCUT2D eigenvalue weighted by molar-refractivity contribution is 0.0185. The van der Waals surface area contributed by atoms with E-state index in [1.54, 1.807) is 19.1 Å². The second-order valence-corrected chi connectivity index (χ2v) is 13.7. The van der Waals surface area contributed by atoms with E-state index in [0.29, 0.717) is 34.9 Å². The third-order valence-corrected chi connectivity index (χ3v) is 6.24. The number of hydrogen-bond donors (Lipinski definition) is 0. The van der Waals surface area contributed by atoms with Crippen LogP contribution >= 0.6 is 11.6 Å². The normalized spacial score (nSPS) is 12.6. The highest BCUT2D eigenvalue weighted by atomic mass is 35.5. The molecule has 0 aliphatic heterocycles. The fourth-order valence-electron chi connectivity index (χ4n) is 2.36. The summed E-state index contributed by atoms with van der Waals surface area (Å²) in [6, 6.07) is 2.81. The van der Waals surface area contributed by atoms with Crippen LogP contribution in [0.3, 0.4) is 0 Å². The van der Waals surface area contributed by atoms with Crippen LogP contribution in [0.2, 0.25) is 30.7 Å². The Morgan fingerprint density at radius 1 is 1.35 bits per heavy atom. The van der Waals surface area contributed by atoms with Crippen molar-refractivity contribution in [3.05, 3.63) is 40.4 Å². The minimum absolute atomic E-state index is 0.0908. The van der Waals surface area contributed by atoms with Crippen LogP contribution in [0.5, 0.6) is 5.75 Å². The van der Waals surface area contributed by atoms with E-state index in [4.69, 9.17) is 25.8 Å². The number of aryl methyl sites for hydroxylation is 1. The van der Waals surface area contributed by atoms with Crippen LogP contribution in [0.4, 0.5) is 0 Å². The Hall–Kier alpha value is -1.30. The lowest BCUT2D eigenvalue weighted by Gasteiger charge is -2.19. The molecule has 0 aliphatic carbocycles. The van der Waals surface area contributed by atoms with Gasteiger partial charge < -0.3 is 14.2 Å².